The van der Waals surface area contributed by atoms with Gasteiger partial charge in [0.2, 0.25) is 5.91 Å². The maximum absolute atomic E-state index is 12.0. The lowest BCUT2D eigenvalue weighted by atomic mass is 10.1. The minimum Gasteiger partial charge on any atom is -0.497 e. The van der Waals surface area contributed by atoms with E-state index in [-0.39, 0.29) is 11.8 Å². The van der Waals surface area contributed by atoms with Crippen molar-refractivity contribution < 1.29 is 14.3 Å². The number of fused-ring (bicyclic) bond motifs is 1. The van der Waals surface area contributed by atoms with Crippen molar-refractivity contribution in [3.05, 3.63) is 71.9 Å². The van der Waals surface area contributed by atoms with Crippen molar-refractivity contribution in [2.75, 3.05) is 7.11 Å². The number of benzene rings is 2. The number of para-hydroxylation sites is 1. The van der Waals surface area contributed by atoms with Gasteiger partial charge in [0.05, 0.1) is 12.6 Å². The molecule has 1 heterocycles. The van der Waals surface area contributed by atoms with Crippen molar-refractivity contribution in [1.29, 1.82) is 0 Å². The fourth-order valence-electron chi connectivity index (χ4n) is 2.69. The minimum absolute atomic E-state index is 0.0497. The van der Waals surface area contributed by atoms with Crippen LogP contribution in [0.25, 0.3) is 17.0 Å². The Labute approximate surface area is 156 Å². The lowest BCUT2D eigenvalue weighted by Gasteiger charge is -2.01. The van der Waals surface area contributed by atoms with Gasteiger partial charge in [-0.15, -0.1) is 0 Å². The van der Waals surface area contributed by atoms with Gasteiger partial charge < -0.3 is 4.74 Å². The Kier molecular flexibility index (Phi) is 5.47. The topological polar surface area (TPSA) is 72.7 Å². The Bertz CT molecular complexity index is 1030. The van der Waals surface area contributed by atoms with E-state index in [0.29, 0.717) is 11.3 Å². The van der Waals surface area contributed by atoms with E-state index in [1.165, 1.54) is 13.1 Å². The second-order valence-electron chi connectivity index (χ2n) is 5.80. The molecule has 2 aromatic carbocycles. The fourth-order valence-corrected chi connectivity index (χ4v) is 2.69. The monoisotopic (exact) mass is 361 g/mol. The number of hydrazone groups is 1. The zero-order valence-electron chi connectivity index (χ0n) is 15.0. The molecule has 6 nitrogen and oxygen atoms in total. The highest BCUT2D eigenvalue weighted by atomic mass is 16.5. The predicted octanol–water partition coefficient (Wildman–Crippen LogP) is 3.74. The van der Waals surface area contributed by atoms with Crippen molar-refractivity contribution in [3.63, 3.8) is 0 Å². The molecule has 3 rings (SSSR count). The van der Waals surface area contributed by atoms with Crippen LogP contribution < -0.4 is 10.2 Å². The van der Waals surface area contributed by atoms with Crippen LogP contribution in [0.1, 0.15) is 27.6 Å². The smallest absolute Gasteiger partial charge is 0.271 e. The van der Waals surface area contributed by atoms with Crippen molar-refractivity contribution in [2.45, 2.75) is 6.92 Å². The second kappa shape index (κ2) is 8.14. The van der Waals surface area contributed by atoms with E-state index >= 15 is 0 Å². The van der Waals surface area contributed by atoms with Crippen LogP contribution in [0, 0.1) is 0 Å². The third-order valence-corrected chi connectivity index (χ3v) is 4.04. The van der Waals surface area contributed by atoms with Gasteiger partial charge in [-0.25, -0.2) is 5.43 Å². The number of carbonyl (C=O) groups is 2. The van der Waals surface area contributed by atoms with E-state index in [1.807, 2.05) is 30.3 Å². The molecule has 3 aromatic rings. The van der Waals surface area contributed by atoms with Gasteiger partial charge in [0, 0.05) is 35.8 Å². The third kappa shape index (κ3) is 4.12. The lowest BCUT2D eigenvalue weighted by molar-refractivity contribution is 0.0937. The number of hydrogen-bond donors (Lipinski definition) is 1. The quantitative estimate of drug-likeness (QED) is 0.556. The zero-order valence-corrected chi connectivity index (χ0v) is 15.0. The number of hydrogen-bond acceptors (Lipinski definition) is 4. The summed E-state index contributed by atoms with van der Waals surface area (Å²) in [7, 11) is 1.57. The predicted molar refractivity (Wildman–Crippen MR) is 106 cm³/mol. The molecular weight excluding hydrogens is 342 g/mol. The summed E-state index contributed by atoms with van der Waals surface area (Å²) in [4.78, 5) is 23.8. The molecule has 0 aliphatic heterocycles. The van der Waals surface area contributed by atoms with Gasteiger partial charge in [0.15, 0.2) is 0 Å². The summed E-state index contributed by atoms with van der Waals surface area (Å²) in [6, 6.07) is 14.4. The number of aromatic nitrogens is 1. The molecule has 0 fully saturated rings. The van der Waals surface area contributed by atoms with Crippen molar-refractivity contribution in [3.8, 4) is 5.75 Å². The fraction of sp³-hybridized carbons (Fsp3) is 0.0952. The van der Waals surface area contributed by atoms with Crippen LogP contribution in [0.2, 0.25) is 0 Å². The third-order valence-electron chi connectivity index (χ3n) is 4.04. The summed E-state index contributed by atoms with van der Waals surface area (Å²) in [6.45, 7) is 1.52. The molecule has 0 unspecified atom stereocenters. The Balaban J connectivity index is 1.67. The van der Waals surface area contributed by atoms with E-state index in [9.17, 15) is 9.59 Å². The molecule has 0 spiro atoms. The maximum atomic E-state index is 12.0. The molecule has 0 aliphatic carbocycles. The molecule has 6 heteroatoms. The van der Waals surface area contributed by atoms with Gasteiger partial charge in [-0.05, 0) is 36.4 Å². The highest BCUT2D eigenvalue weighted by molar-refractivity contribution is 5.98. The summed E-state index contributed by atoms with van der Waals surface area (Å²) in [5, 5.41) is 4.88. The largest absolute Gasteiger partial charge is 0.497 e. The number of methoxy groups -OCH3 is 1. The van der Waals surface area contributed by atoms with Gasteiger partial charge in [-0.3, -0.25) is 14.2 Å². The van der Waals surface area contributed by atoms with Gasteiger partial charge in [0.1, 0.15) is 5.75 Å². The van der Waals surface area contributed by atoms with Gasteiger partial charge in [-0.2, -0.15) is 5.10 Å². The van der Waals surface area contributed by atoms with E-state index in [0.717, 1.165) is 16.5 Å². The van der Waals surface area contributed by atoms with Gasteiger partial charge in [-0.1, -0.05) is 24.3 Å². The molecule has 0 atom stereocenters. The maximum Gasteiger partial charge on any atom is 0.271 e. The number of nitrogens with zero attached hydrogens (tertiary/aromatic N) is 2. The number of ether oxygens (including phenoxy) is 1. The first-order valence-electron chi connectivity index (χ1n) is 8.35. The Morgan fingerprint density at radius 2 is 1.85 bits per heavy atom. The molecule has 1 aromatic heterocycles. The number of rotatable bonds is 5. The van der Waals surface area contributed by atoms with Crippen LogP contribution in [0.15, 0.2) is 65.9 Å². The molecule has 0 radical (unpaired) electrons. The van der Waals surface area contributed by atoms with E-state index < -0.39 is 0 Å². The SMILES string of the molecule is COc1ccc(C(=O)NN=CC=Cc2cn(C(C)=O)c3ccccc23)cc1. The number of carbonyl (C=O) groups excluding carboxylic acids is 2. The minimum atomic E-state index is -0.310. The Hall–Kier alpha value is -3.67. The van der Waals surface area contributed by atoms with Gasteiger partial charge in [0.25, 0.3) is 5.91 Å². The van der Waals surface area contributed by atoms with E-state index in [4.69, 9.17) is 4.74 Å². The van der Waals surface area contributed by atoms with Crippen LogP contribution in [0.5, 0.6) is 5.75 Å². The number of amides is 1. The molecule has 0 bridgehead atoms. The lowest BCUT2D eigenvalue weighted by Crippen LogP contribution is -2.17. The van der Waals surface area contributed by atoms with E-state index in [2.05, 4.69) is 10.5 Å². The molecule has 1 N–H and O–H groups in total. The van der Waals surface area contributed by atoms with Crippen LogP contribution in [0.4, 0.5) is 0 Å². The summed E-state index contributed by atoms with van der Waals surface area (Å²) in [6.07, 6.45) is 6.82. The van der Waals surface area contributed by atoms with Crippen molar-refractivity contribution in [2.24, 2.45) is 5.10 Å². The standard InChI is InChI=1S/C21H19N3O3/c1-15(25)24-14-17(19-7-3-4-8-20(19)24)6-5-13-22-23-21(26)16-9-11-18(27-2)12-10-16/h3-14H,1-2H3,(H,23,26). The molecule has 27 heavy (non-hydrogen) atoms. The zero-order chi connectivity index (χ0) is 19.2. The number of nitrogens with one attached hydrogen (secondary N) is 1. The number of allylic oxidation sites excluding steroid dienone is 1. The first kappa shape index (κ1) is 18.1. The average Bonchev–Trinajstić information content (AvgIpc) is 3.07. The van der Waals surface area contributed by atoms with Crippen molar-refractivity contribution in [1.82, 2.24) is 9.99 Å². The van der Waals surface area contributed by atoms with Crippen LogP contribution in [-0.4, -0.2) is 29.7 Å². The normalized spacial score (nSPS) is 11.3. The second-order valence-corrected chi connectivity index (χ2v) is 5.80. The highest BCUT2D eigenvalue weighted by Crippen LogP contribution is 2.22. The molecular formula is C21H19N3O3. The van der Waals surface area contributed by atoms with Crippen LogP contribution in [0.3, 0.4) is 0 Å². The summed E-state index contributed by atoms with van der Waals surface area (Å²) in [5.41, 5.74) is 4.70. The van der Waals surface area contributed by atoms with Crippen molar-refractivity contribution >= 4 is 35.0 Å². The molecule has 0 saturated heterocycles. The van der Waals surface area contributed by atoms with Crippen LogP contribution in [-0.2, 0) is 0 Å². The average molecular weight is 361 g/mol. The van der Waals surface area contributed by atoms with Gasteiger partial charge >= 0.3 is 0 Å². The Morgan fingerprint density at radius 3 is 2.56 bits per heavy atom. The molecule has 0 saturated carbocycles. The highest BCUT2D eigenvalue weighted by Gasteiger charge is 2.08. The molecule has 0 aliphatic rings. The summed E-state index contributed by atoms with van der Waals surface area (Å²) >= 11 is 0. The van der Waals surface area contributed by atoms with E-state index in [1.54, 1.807) is 48.2 Å². The molecule has 136 valence electrons. The van der Waals surface area contributed by atoms with Crippen LogP contribution >= 0.6 is 0 Å². The summed E-state index contributed by atoms with van der Waals surface area (Å²) < 4.78 is 6.67. The first-order chi connectivity index (χ1) is 13.1. The first-order valence-corrected chi connectivity index (χ1v) is 8.35. The summed E-state index contributed by atoms with van der Waals surface area (Å²) in [5.74, 6) is 0.324. The molecule has 1 amide bonds. The Morgan fingerprint density at radius 1 is 1.11 bits per heavy atom.